The topological polar surface area (TPSA) is 130 Å². The minimum Gasteiger partial charge on any atom is -0.493 e. The summed E-state index contributed by atoms with van der Waals surface area (Å²) in [5, 5.41) is 13.6. The molecule has 0 radical (unpaired) electrons. The number of nitrogens with one attached hydrogen (secondary N) is 1. The Balaban J connectivity index is 1.80. The quantitative estimate of drug-likeness (QED) is 0.395. The highest BCUT2D eigenvalue weighted by Crippen LogP contribution is 2.31. The van der Waals surface area contributed by atoms with Crippen LogP contribution >= 0.6 is 0 Å². The van der Waals surface area contributed by atoms with E-state index in [1.165, 1.54) is 11.8 Å². The highest BCUT2D eigenvalue weighted by atomic mass is 16.5. The highest BCUT2D eigenvalue weighted by molar-refractivity contribution is 5.95. The second-order valence-corrected chi connectivity index (χ2v) is 8.17. The van der Waals surface area contributed by atoms with E-state index in [-0.39, 0.29) is 17.3 Å². The van der Waals surface area contributed by atoms with E-state index in [0.29, 0.717) is 54.3 Å². The molecule has 33 heavy (non-hydrogen) atoms. The third kappa shape index (κ3) is 4.20. The summed E-state index contributed by atoms with van der Waals surface area (Å²) in [4.78, 5) is 44.9. The number of ketones is 1. The van der Waals surface area contributed by atoms with Gasteiger partial charge in [-0.05, 0) is 38.0 Å². The molecule has 2 N–H and O–H groups in total. The van der Waals surface area contributed by atoms with Gasteiger partial charge in [0.15, 0.2) is 11.3 Å². The van der Waals surface area contributed by atoms with Crippen LogP contribution in [0.4, 0.5) is 4.79 Å². The lowest BCUT2D eigenvalue weighted by Gasteiger charge is -2.37. The number of amides is 1. The van der Waals surface area contributed by atoms with Gasteiger partial charge in [-0.15, -0.1) is 0 Å². The molecule has 0 unspecified atom stereocenters. The molecule has 1 fully saturated rings. The maximum Gasteiger partial charge on any atom is 0.407 e. The molecule has 1 saturated heterocycles. The summed E-state index contributed by atoms with van der Waals surface area (Å²) in [5.74, 6) is 0.740. The van der Waals surface area contributed by atoms with Crippen LogP contribution in [0.25, 0.3) is 22.4 Å². The maximum atomic E-state index is 13.0. The number of aromatic amines is 1. The number of aryl methyl sites for hydroxylation is 1. The highest BCUT2D eigenvalue weighted by Gasteiger charge is 2.34. The number of aromatic nitrogens is 4. The van der Waals surface area contributed by atoms with Crippen molar-refractivity contribution >= 4 is 22.9 Å². The van der Waals surface area contributed by atoms with Gasteiger partial charge in [0, 0.05) is 18.7 Å². The first-order chi connectivity index (χ1) is 15.8. The van der Waals surface area contributed by atoms with Crippen molar-refractivity contribution in [2.75, 3.05) is 19.7 Å². The molecule has 3 aromatic rings. The number of nitrogens with zero attached hydrogens (tertiary/aromatic N) is 4. The van der Waals surface area contributed by atoms with E-state index in [9.17, 15) is 14.4 Å². The van der Waals surface area contributed by atoms with E-state index in [4.69, 9.17) is 14.8 Å². The van der Waals surface area contributed by atoms with Gasteiger partial charge in [0.05, 0.1) is 23.9 Å². The van der Waals surface area contributed by atoms with Crippen LogP contribution in [0.5, 0.6) is 5.75 Å². The van der Waals surface area contributed by atoms with Crippen molar-refractivity contribution in [3.8, 4) is 17.1 Å². The fourth-order valence-corrected chi connectivity index (χ4v) is 3.95. The number of carbonyl (C=O) groups excluding carboxylic acids is 1. The van der Waals surface area contributed by atoms with Crippen molar-refractivity contribution in [2.45, 2.75) is 46.1 Å². The van der Waals surface area contributed by atoms with E-state index in [0.717, 1.165) is 18.5 Å². The Labute approximate surface area is 190 Å². The number of hydrogen-bond acceptors (Lipinski definition) is 6. The van der Waals surface area contributed by atoms with Gasteiger partial charge in [-0.1, -0.05) is 20.3 Å². The molecule has 1 amide bonds. The molecule has 10 heteroatoms. The second kappa shape index (κ2) is 9.05. The van der Waals surface area contributed by atoms with Crippen LogP contribution < -0.4 is 10.3 Å². The van der Waals surface area contributed by atoms with Gasteiger partial charge >= 0.3 is 6.09 Å². The Morgan fingerprint density at radius 2 is 2.00 bits per heavy atom. The molecule has 0 spiro atoms. The lowest BCUT2D eigenvalue weighted by molar-refractivity contribution is 0.0804. The van der Waals surface area contributed by atoms with E-state index in [1.54, 1.807) is 22.9 Å². The number of H-pyrrole nitrogens is 1. The van der Waals surface area contributed by atoms with Gasteiger partial charge in [0.2, 0.25) is 0 Å². The predicted octanol–water partition coefficient (Wildman–Crippen LogP) is 3.27. The first-order valence-corrected chi connectivity index (χ1v) is 11.1. The Kier molecular flexibility index (Phi) is 6.17. The summed E-state index contributed by atoms with van der Waals surface area (Å²) in [5.41, 5.74) is 2.08. The lowest BCUT2D eigenvalue weighted by Crippen LogP contribution is -2.50. The third-order valence-corrected chi connectivity index (χ3v) is 5.86. The molecule has 10 nitrogen and oxygen atoms in total. The standard InChI is InChI=1S/C23H27N5O5/c1-4-6-9-33-18-8-7-14(13(3)29)10-16(18)21-24-19-17(5-2)28(26-20(19)22(30)25-21)15-11-27(12-15)23(31)32/h7-8,10,15H,4-6,9,11-12H2,1-3H3,(H,31,32)(H,24,25,30). The summed E-state index contributed by atoms with van der Waals surface area (Å²) in [6.07, 6.45) is 1.45. The van der Waals surface area contributed by atoms with E-state index < -0.39 is 11.7 Å². The van der Waals surface area contributed by atoms with Crippen LogP contribution in [-0.4, -0.2) is 61.3 Å². The average molecular weight is 453 g/mol. The average Bonchev–Trinajstić information content (AvgIpc) is 3.11. The van der Waals surface area contributed by atoms with Crippen LogP contribution in [0.2, 0.25) is 0 Å². The molecule has 1 aromatic carbocycles. The molecule has 3 heterocycles. The van der Waals surface area contributed by atoms with Crippen LogP contribution in [-0.2, 0) is 6.42 Å². The van der Waals surface area contributed by atoms with E-state index in [2.05, 4.69) is 17.0 Å². The number of carbonyl (C=O) groups is 2. The summed E-state index contributed by atoms with van der Waals surface area (Å²) >= 11 is 0. The van der Waals surface area contributed by atoms with Crippen molar-refractivity contribution in [3.63, 3.8) is 0 Å². The normalized spacial score (nSPS) is 13.8. The van der Waals surface area contributed by atoms with Crippen molar-refractivity contribution in [3.05, 3.63) is 39.8 Å². The number of unbranched alkanes of at least 4 members (excludes halogenated alkanes) is 1. The molecule has 0 atom stereocenters. The van der Waals surface area contributed by atoms with Crippen LogP contribution in [0.15, 0.2) is 23.0 Å². The Morgan fingerprint density at radius 3 is 2.64 bits per heavy atom. The minimum atomic E-state index is -0.972. The van der Waals surface area contributed by atoms with E-state index >= 15 is 0 Å². The molecule has 0 aliphatic carbocycles. The van der Waals surface area contributed by atoms with Gasteiger partial charge < -0.3 is 19.7 Å². The summed E-state index contributed by atoms with van der Waals surface area (Å²) in [6.45, 7) is 6.63. The monoisotopic (exact) mass is 453 g/mol. The van der Waals surface area contributed by atoms with Crippen LogP contribution in [0, 0.1) is 0 Å². The van der Waals surface area contributed by atoms with Gasteiger partial charge in [-0.25, -0.2) is 9.78 Å². The summed E-state index contributed by atoms with van der Waals surface area (Å²) in [6, 6.07) is 4.97. The fourth-order valence-electron chi connectivity index (χ4n) is 3.95. The molecule has 2 aromatic heterocycles. The van der Waals surface area contributed by atoms with Crippen molar-refractivity contribution in [1.82, 2.24) is 24.6 Å². The molecule has 1 aliphatic rings. The molecule has 0 bridgehead atoms. The van der Waals surface area contributed by atoms with E-state index in [1.807, 2.05) is 6.92 Å². The molecule has 4 rings (SSSR count). The van der Waals surface area contributed by atoms with Crippen molar-refractivity contribution < 1.29 is 19.4 Å². The largest absolute Gasteiger partial charge is 0.493 e. The van der Waals surface area contributed by atoms with Gasteiger partial charge in [0.1, 0.15) is 17.1 Å². The maximum absolute atomic E-state index is 13.0. The molecular formula is C23H27N5O5. The minimum absolute atomic E-state index is 0.102. The van der Waals surface area contributed by atoms with Crippen molar-refractivity contribution in [1.29, 1.82) is 0 Å². The van der Waals surface area contributed by atoms with Gasteiger partial charge in [-0.3, -0.25) is 14.3 Å². The fraction of sp³-hybridized carbons (Fsp3) is 0.435. The first kappa shape index (κ1) is 22.5. The zero-order valence-corrected chi connectivity index (χ0v) is 18.9. The number of ether oxygens (including phenoxy) is 1. The predicted molar refractivity (Wildman–Crippen MR) is 122 cm³/mol. The third-order valence-electron chi connectivity index (χ3n) is 5.86. The number of hydrogen-bond donors (Lipinski definition) is 2. The Bertz CT molecular complexity index is 1270. The van der Waals surface area contributed by atoms with Crippen LogP contribution in [0.1, 0.15) is 55.7 Å². The number of carboxylic acid groups (broad SMARTS) is 1. The Hall–Kier alpha value is -3.69. The zero-order chi connectivity index (χ0) is 23.7. The van der Waals surface area contributed by atoms with Crippen molar-refractivity contribution in [2.24, 2.45) is 0 Å². The molecule has 0 saturated carbocycles. The van der Waals surface area contributed by atoms with Crippen LogP contribution in [0.3, 0.4) is 0 Å². The summed E-state index contributed by atoms with van der Waals surface area (Å²) < 4.78 is 7.65. The number of likely N-dealkylation sites (tertiary alicyclic amines) is 1. The second-order valence-electron chi connectivity index (χ2n) is 8.17. The lowest BCUT2D eigenvalue weighted by atomic mass is 10.1. The molecular weight excluding hydrogens is 426 g/mol. The zero-order valence-electron chi connectivity index (χ0n) is 18.9. The molecule has 1 aliphatic heterocycles. The van der Waals surface area contributed by atoms with Gasteiger partial charge in [-0.2, -0.15) is 5.10 Å². The van der Waals surface area contributed by atoms with Gasteiger partial charge in [0.25, 0.3) is 5.56 Å². The number of rotatable bonds is 8. The number of Topliss-reactive ketones (excluding diaryl/α,β-unsaturated/α-hetero) is 1. The number of benzene rings is 1. The summed E-state index contributed by atoms with van der Waals surface area (Å²) in [7, 11) is 0. The smallest absolute Gasteiger partial charge is 0.407 e. The SMILES string of the molecule is CCCCOc1ccc(C(C)=O)cc1-c1nc2c(CC)n(C3CN(C(=O)O)C3)nc2c(=O)[nH]1. The molecule has 174 valence electrons. The first-order valence-electron chi connectivity index (χ1n) is 11.1. The number of fused-ring (bicyclic) bond motifs is 1. The Morgan fingerprint density at radius 1 is 1.24 bits per heavy atom.